The molecule has 0 rings (SSSR count). The van der Waals surface area contributed by atoms with Gasteiger partial charge < -0.3 is 15.4 Å². The molecule has 0 aliphatic carbocycles. The molecular weight excluding hydrogens is 216 g/mol. The summed E-state index contributed by atoms with van der Waals surface area (Å²) in [5.41, 5.74) is 5.50. The first-order valence-corrected chi connectivity index (χ1v) is 6.73. The lowest BCUT2D eigenvalue weighted by atomic mass is 10.1. The third-order valence-electron chi connectivity index (χ3n) is 2.81. The second-order valence-corrected chi connectivity index (χ2v) is 4.33. The molecule has 4 heteroatoms. The zero-order valence-corrected chi connectivity index (χ0v) is 11.4. The lowest BCUT2D eigenvalue weighted by molar-refractivity contribution is -0.131. The van der Waals surface area contributed by atoms with Crippen LogP contribution >= 0.6 is 0 Å². The molecule has 0 bridgehead atoms. The molecule has 1 amide bonds. The van der Waals surface area contributed by atoms with Crippen LogP contribution in [-0.4, -0.2) is 44.2 Å². The first kappa shape index (κ1) is 16.4. The number of carbonyl (C=O) groups excluding carboxylic acids is 1. The molecule has 0 saturated heterocycles. The van der Waals surface area contributed by atoms with Gasteiger partial charge in [-0.2, -0.15) is 0 Å². The number of nitrogens with two attached hydrogens (primary N) is 1. The number of methoxy groups -OCH3 is 1. The predicted molar refractivity (Wildman–Crippen MR) is 70.9 cm³/mol. The van der Waals surface area contributed by atoms with Crippen molar-refractivity contribution in [1.29, 1.82) is 0 Å². The second kappa shape index (κ2) is 11.9. The van der Waals surface area contributed by atoms with Gasteiger partial charge in [0.1, 0.15) is 0 Å². The van der Waals surface area contributed by atoms with Gasteiger partial charge in [-0.25, -0.2) is 0 Å². The van der Waals surface area contributed by atoms with Gasteiger partial charge in [-0.1, -0.05) is 32.6 Å². The molecule has 0 radical (unpaired) electrons. The van der Waals surface area contributed by atoms with E-state index in [1.54, 1.807) is 7.11 Å². The first-order valence-electron chi connectivity index (χ1n) is 6.73. The number of hydrogen-bond acceptors (Lipinski definition) is 3. The predicted octanol–water partition coefficient (Wildman–Crippen LogP) is 1.78. The molecule has 17 heavy (non-hydrogen) atoms. The Bertz CT molecular complexity index is 186. The van der Waals surface area contributed by atoms with Gasteiger partial charge in [0.15, 0.2) is 0 Å². The highest BCUT2D eigenvalue weighted by Crippen LogP contribution is 2.06. The molecular formula is C13H28N2O2. The summed E-state index contributed by atoms with van der Waals surface area (Å²) in [5.74, 6) is 0.212. The van der Waals surface area contributed by atoms with Crippen LogP contribution in [0.3, 0.4) is 0 Å². The molecule has 0 unspecified atom stereocenters. The molecule has 2 N–H and O–H groups in total. The first-order chi connectivity index (χ1) is 8.26. The van der Waals surface area contributed by atoms with E-state index in [1.165, 1.54) is 19.3 Å². The van der Waals surface area contributed by atoms with E-state index < -0.39 is 0 Å². The number of ether oxygens (including phenoxy) is 1. The number of carbonyl (C=O) groups is 1. The summed E-state index contributed by atoms with van der Waals surface area (Å²) < 4.78 is 4.99. The summed E-state index contributed by atoms with van der Waals surface area (Å²) >= 11 is 0. The minimum atomic E-state index is 0.212. The maximum atomic E-state index is 11.9. The minimum absolute atomic E-state index is 0.212. The fourth-order valence-corrected chi connectivity index (χ4v) is 1.76. The Morgan fingerprint density at radius 1 is 1.18 bits per heavy atom. The van der Waals surface area contributed by atoms with Gasteiger partial charge in [-0.15, -0.1) is 0 Å². The Balaban J connectivity index is 3.72. The van der Waals surface area contributed by atoms with E-state index in [4.69, 9.17) is 10.5 Å². The minimum Gasteiger partial charge on any atom is -0.383 e. The maximum absolute atomic E-state index is 11.9. The van der Waals surface area contributed by atoms with Crippen molar-refractivity contribution in [2.75, 3.05) is 33.4 Å². The average molecular weight is 244 g/mol. The highest BCUT2D eigenvalue weighted by atomic mass is 16.5. The van der Waals surface area contributed by atoms with Crippen molar-refractivity contribution < 1.29 is 9.53 Å². The van der Waals surface area contributed by atoms with Crippen molar-refractivity contribution in [1.82, 2.24) is 4.90 Å². The van der Waals surface area contributed by atoms with Crippen LogP contribution in [0.4, 0.5) is 0 Å². The van der Waals surface area contributed by atoms with Crippen molar-refractivity contribution in [2.24, 2.45) is 5.73 Å². The van der Waals surface area contributed by atoms with E-state index in [-0.39, 0.29) is 5.91 Å². The van der Waals surface area contributed by atoms with Gasteiger partial charge in [0.25, 0.3) is 0 Å². The van der Waals surface area contributed by atoms with Gasteiger partial charge in [-0.05, 0) is 6.42 Å². The zero-order chi connectivity index (χ0) is 12.9. The summed E-state index contributed by atoms with van der Waals surface area (Å²) in [4.78, 5) is 13.7. The van der Waals surface area contributed by atoms with Crippen molar-refractivity contribution >= 4 is 5.91 Å². The van der Waals surface area contributed by atoms with Gasteiger partial charge in [0, 0.05) is 33.2 Å². The molecule has 0 saturated carbocycles. The highest BCUT2D eigenvalue weighted by molar-refractivity contribution is 5.76. The SMILES string of the molecule is CCCCCCCC(=O)N(CCN)CCOC. The quantitative estimate of drug-likeness (QED) is 0.564. The van der Waals surface area contributed by atoms with Crippen LogP contribution in [0.5, 0.6) is 0 Å². The standard InChI is InChI=1S/C13H28N2O2/c1-3-4-5-6-7-8-13(16)15(10-9-14)11-12-17-2/h3-12,14H2,1-2H3. The van der Waals surface area contributed by atoms with Gasteiger partial charge >= 0.3 is 0 Å². The smallest absolute Gasteiger partial charge is 0.222 e. The Hall–Kier alpha value is -0.610. The zero-order valence-electron chi connectivity index (χ0n) is 11.4. The molecule has 0 fully saturated rings. The maximum Gasteiger partial charge on any atom is 0.222 e. The van der Waals surface area contributed by atoms with Gasteiger partial charge in [-0.3, -0.25) is 4.79 Å². The summed E-state index contributed by atoms with van der Waals surface area (Å²) in [6, 6.07) is 0. The number of amides is 1. The third kappa shape index (κ3) is 9.12. The molecule has 4 nitrogen and oxygen atoms in total. The molecule has 0 aromatic rings. The van der Waals surface area contributed by atoms with E-state index in [0.29, 0.717) is 32.7 Å². The third-order valence-corrected chi connectivity index (χ3v) is 2.81. The Labute approximate surface area is 105 Å². The molecule has 0 spiro atoms. The van der Waals surface area contributed by atoms with Gasteiger partial charge in [0.05, 0.1) is 6.61 Å². The van der Waals surface area contributed by atoms with Gasteiger partial charge in [0.2, 0.25) is 5.91 Å². The number of hydrogen-bond donors (Lipinski definition) is 1. The van der Waals surface area contributed by atoms with Crippen LogP contribution in [0.1, 0.15) is 45.4 Å². The number of rotatable bonds is 11. The summed E-state index contributed by atoms with van der Waals surface area (Å²) in [5, 5.41) is 0. The second-order valence-electron chi connectivity index (χ2n) is 4.33. The monoisotopic (exact) mass is 244 g/mol. The van der Waals surface area contributed by atoms with E-state index in [9.17, 15) is 4.79 Å². The van der Waals surface area contributed by atoms with Crippen LogP contribution in [-0.2, 0) is 9.53 Å². The van der Waals surface area contributed by atoms with Crippen LogP contribution in [0.25, 0.3) is 0 Å². The van der Waals surface area contributed by atoms with Crippen molar-refractivity contribution in [3.05, 3.63) is 0 Å². The number of unbranched alkanes of at least 4 members (excludes halogenated alkanes) is 4. The van der Waals surface area contributed by atoms with Crippen LogP contribution in [0.15, 0.2) is 0 Å². The van der Waals surface area contributed by atoms with E-state index in [1.807, 2.05) is 4.90 Å². The summed E-state index contributed by atoms with van der Waals surface area (Å²) in [6.45, 7) is 4.59. The molecule has 0 aliphatic rings. The average Bonchev–Trinajstić information content (AvgIpc) is 2.34. The van der Waals surface area contributed by atoms with Crippen molar-refractivity contribution in [3.63, 3.8) is 0 Å². The Morgan fingerprint density at radius 3 is 2.47 bits per heavy atom. The molecule has 0 aliphatic heterocycles. The topological polar surface area (TPSA) is 55.6 Å². The van der Waals surface area contributed by atoms with E-state index >= 15 is 0 Å². The number of nitrogens with zero attached hydrogens (tertiary/aromatic N) is 1. The normalized spacial score (nSPS) is 10.5. The van der Waals surface area contributed by atoms with Crippen LogP contribution in [0.2, 0.25) is 0 Å². The molecule has 0 heterocycles. The molecule has 0 atom stereocenters. The van der Waals surface area contributed by atoms with Crippen molar-refractivity contribution in [3.8, 4) is 0 Å². The lowest BCUT2D eigenvalue weighted by Crippen LogP contribution is -2.37. The molecule has 0 aromatic heterocycles. The van der Waals surface area contributed by atoms with E-state index in [0.717, 1.165) is 12.8 Å². The Morgan fingerprint density at radius 2 is 1.88 bits per heavy atom. The highest BCUT2D eigenvalue weighted by Gasteiger charge is 2.11. The van der Waals surface area contributed by atoms with Crippen LogP contribution < -0.4 is 5.73 Å². The molecule has 0 aromatic carbocycles. The summed E-state index contributed by atoms with van der Waals surface area (Å²) in [7, 11) is 1.65. The van der Waals surface area contributed by atoms with Crippen LogP contribution in [0, 0.1) is 0 Å². The Kier molecular flexibility index (Phi) is 11.4. The van der Waals surface area contributed by atoms with Crippen molar-refractivity contribution in [2.45, 2.75) is 45.4 Å². The largest absolute Gasteiger partial charge is 0.383 e. The summed E-state index contributed by atoms with van der Waals surface area (Å²) in [6.07, 6.45) is 6.53. The van der Waals surface area contributed by atoms with E-state index in [2.05, 4.69) is 6.92 Å². The lowest BCUT2D eigenvalue weighted by Gasteiger charge is -2.21. The fraction of sp³-hybridized carbons (Fsp3) is 0.923. The fourth-order valence-electron chi connectivity index (χ4n) is 1.76. The molecule has 102 valence electrons.